The maximum atomic E-state index is 12.5. The van der Waals surface area contributed by atoms with Crippen LogP contribution in [0.5, 0.6) is 0 Å². The number of nitrogens with one attached hydrogen (secondary N) is 4. The van der Waals surface area contributed by atoms with Crippen LogP contribution in [0.1, 0.15) is 33.7 Å². The summed E-state index contributed by atoms with van der Waals surface area (Å²) in [4.78, 5) is 25.0. The zero-order valence-electron chi connectivity index (χ0n) is 13.2. The van der Waals surface area contributed by atoms with Crippen molar-refractivity contribution in [1.82, 2.24) is 20.8 Å². The number of benzene rings is 1. The van der Waals surface area contributed by atoms with Crippen LogP contribution in [0.3, 0.4) is 0 Å². The van der Waals surface area contributed by atoms with E-state index in [1.165, 1.54) is 6.20 Å². The Morgan fingerprint density at radius 2 is 2.00 bits per heavy atom. The fourth-order valence-electron chi connectivity index (χ4n) is 2.68. The van der Waals surface area contributed by atoms with Crippen LogP contribution in [-0.4, -0.2) is 41.1 Å². The van der Waals surface area contributed by atoms with Gasteiger partial charge >= 0.3 is 0 Å². The van der Waals surface area contributed by atoms with E-state index in [0.29, 0.717) is 16.3 Å². The van der Waals surface area contributed by atoms with Crippen molar-refractivity contribution < 1.29 is 9.59 Å². The number of halogens is 2. The monoisotopic (exact) mass is 473 g/mol. The van der Waals surface area contributed by atoms with Gasteiger partial charge < -0.3 is 16.0 Å². The molecule has 2 heterocycles. The summed E-state index contributed by atoms with van der Waals surface area (Å²) in [5, 5.41) is 15.8. The molecule has 0 saturated carbocycles. The van der Waals surface area contributed by atoms with Crippen LogP contribution >= 0.6 is 34.2 Å². The molecule has 2 aromatic rings. The second kappa shape index (κ2) is 8.15. The Kier molecular flexibility index (Phi) is 5.92. The number of carbonyl (C=O) groups is 2. The molecule has 3 rings (SSSR count). The average Bonchev–Trinajstić information content (AvgIpc) is 3.04. The van der Waals surface area contributed by atoms with Crippen molar-refractivity contribution in [3.05, 3.63) is 44.2 Å². The van der Waals surface area contributed by atoms with Gasteiger partial charge in [0, 0.05) is 9.61 Å². The number of piperidine rings is 1. The SMILES string of the molecule is O=C(NC1CCNCC1)c1[nH]ncc1NC(=O)c1c(Cl)cccc1I. The second-order valence-electron chi connectivity index (χ2n) is 5.71. The lowest BCUT2D eigenvalue weighted by atomic mass is 10.1. The summed E-state index contributed by atoms with van der Waals surface area (Å²) < 4.78 is 0.729. The fraction of sp³-hybridized carbons (Fsp3) is 0.312. The molecule has 1 aliphatic rings. The molecule has 25 heavy (non-hydrogen) atoms. The highest BCUT2D eigenvalue weighted by molar-refractivity contribution is 14.1. The Morgan fingerprint density at radius 3 is 2.72 bits per heavy atom. The highest BCUT2D eigenvalue weighted by atomic mass is 127. The Morgan fingerprint density at radius 1 is 1.24 bits per heavy atom. The van der Waals surface area contributed by atoms with Crippen LogP contribution in [0, 0.1) is 3.57 Å². The molecule has 132 valence electrons. The maximum Gasteiger partial charge on any atom is 0.271 e. The number of anilines is 1. The van der Waals surface area contributed by atoms with E-state index in [0.717, 1.165) is 29.5 Å². The smallest absolute Gasteiger partial charge is 0.271 e. The molecule has 0 radical (unpaired) electrons. The van der Waals surface area contributed by atoms with Gasteiger partial charge in [0.2, 0.25) is 0 Å². The van der Waals surface area contributed by atoms with Crippen molar-refractivity contribution in [2.45, 2.75) is 18.9 Å². The molecule has 1 aromatic heterocycles. The molecule has 0 spiro atoms. The topological polar surface area (TPSA) is 98.9 Å². The predicted molar refractivity (Wildman–Crippen MR) is 104 cm³/mol. The van der Waals surface area contributed by atoms with Crippen molar-refractivity contribution in [2.75, 3.05) is 18.4 Å². The van der Waals surface area contributed by atoms with Gasteiger partial charge in [0.15, 0.2) is 0 Å². The van der Waals surface area contributed by atoms with Crippen LogP contribution in [0.2, 0.25) is 5.02 Å². The largest absolute Gasteiger partial charge is 0.348 e. The van der Waals surface area contributed by atoms with Crippen LogP contribution < -0.4 is 16.0 Å². The van der Waals surface area contributed by atoms with E-state index in [1.807, 2.05) is 22.6 Å². The molecule has 2 amide bonds. The normalized spacial score (nSPS) is 15.0. The van der Waals surface area contributed by atoms with Gasteiger partial charge in [-0.05, 0) is 60.7 Å². The third kappa shape index (κ3) is 4.31. The fourth-order valence-corrected chi connectivity index (χ4v) is 3.84. The Hall–Kier alpha value is -1.65. The minimum absolute atomic E-state index is 0.116. The van der Waals surface area contributed by atoms with Crippen LogP contribution in [0.15, 0.2) is 24.4 Å². The minimum Gasteiger partial charge on any atom is -0.348 e. The first kappa shape index (κ1) is 18.2. The van der Waals surface area contributed by atoms with E-state index in [9.17, 15) is 9.59 Å². The zero-order valence-corrected chi connectivity index (χ0v) is 16.1. The van der Waals surface area contributed by atoms with Gasteiger partial charge in [-0.1, -0.05) is 17.7 Å². The van der Waals surface area contributed by atoms with E-state index in [1.54, 1.807) is 18.2 Å². The van der Waals surface area contributed by atoms with E-state index in [-0.39, 0.29) is 23.6 Å². The first-order chi connectivity index (χ1) is 12.1. The molecule has 1 saturated heterocycles. The lowest BCUT2D eigenvalue weighted by Crippen LogP contribution is -2.43. The molecule has 1 fully saturated rings. The van der Waals surface area contributed by atoms with Crippen molar-refractivity contribution in [3.8, 4) is 0 Å². The third-order valence-electron chi connectivity index (χ3n) is 3.98. The van der Waals surface area contributed by atoms with Crippen molar-refractivity contribution in [2.24, 2.45) is 0 Å². The first-order valence-corrected chi connectivity index (χ1v) is 9.32. The molecular formula is C16H17ClIN5O2. The number of rotatable bonds is 4. The molecule has 4 N–H and O–H groups in total. The number of H-pyrrole nitrogens is 1. The van der Waals surface area contributed by atoms with Gasteiger partial charge in [0.1, 0.15) is 5.69 Å². The minimum atomic E-state index is -0.382. The van der Waals surface area contributed by atoms with Gasteiger partial charge in [-0.25, -0.2) is 0 Å². The zero-order chi connectivity index (χ0) is 17.8. The van der Waals surface area contributed by atoms with Gasteiger partial charge in [0.25, 0.3) is 11.8 Å². The molecule has 7 nitrogen and oxygen atoms in total. The summed E-state index contributed by atoms with van der Waals surface area (Å²) in [5.41, 5.74) is 0.928. The molecule has 9 heteroatoms. The van der Waals surface area contributed by atoms with Crippen molar-refractivity contribution in [1.29, 1.82) is 0 Å². The lowest BCUT2D eigenvalue weighted by Gasteiger charge is -2.23. The van der Waals surface area contributed by atoms with Gasteiger partial charge in [-0.3, -0.25) is 14.7 Å². The first-order valence-electron chi connectivity index (χ1n) is 7.86. The Bertz CT molecular complexity index is 768. The highest BCUT2D eigenvalue weighted by Crippen LogP contribution is 2.23. The highest BCUT2D eigenvalue weighted by Gasteiger charge is 2.22. The number of aromatic nitrogens is 2. The van der Waals surface area contributed by atoms with Gasteiger partial charge in [-0.2, -0.15) is 5.10 Å². The molecule has 0 atom stereocenters. The van der Waals surface area contributed by atoms with E-state index >= 15 is 0 Å². The number of carbonyl (C=O) groups excluding carboxylic acids is 2. The second-order valence-corrected chi connectivity index (χ2v) is 7.28. The summed E-state index contributed by atoms with van der Waals surface area (Å²) in [7, 11) is 0. The number of aromatic amines is 1. The molecular weight excluding hydrogens is 457 g/mol. The maximum absolute atomic E-state index is 12.5. The number of hydrogen-bond donors (Lipinski definition) is 4. The Balaban J connectivity index is 1.73. The molecule has 1 aliphatic heterocycles. The molecule has 0 unspecified atom stereocenters. The summed E-state index contributed by atoms with van der Waals surface area (Å²) >= 11 is 8.17. The van der Waals surface area contributed by atoms with Gasteiger partial charge in [-0.15, -0.1) is 0 Å². The van der Waals surface area contributed by atoms with E-state index in [4.69, 9.17) is 11.6 Å². The standard InChI is InChI=1S/C16H17ClIN5O2/c17-10-2-1-3-11(18)13(10)15(24)22-12-8-20-23-14(12)16(25)21-9-4-6-19-7-5-9/h1-3,8-9,19H,4-7H2,(H,20,23)(H,21,25)(H,22,24). The number of amides is 2. The van der Waals surface area contributed by atoms with Gasteiger partial charge in [0.05, 0.1) is 22.5 Å². The lowest BCUT2D eigenvalue weighted by molar-refractivity contribution is 0.0925. The summed E-state index contributed by atoms with van der Waals surface area (Å²) in [6.45, 7) is 1.75. The summed E-state index contributed by atoms with van der Waals surface area (Å²) in [5.74, 6) is -0.666. The van der Waals surface area contributed by atoms with E-state index < -0.39 is 0 Å². The molecule has 1 aromatic carbocycles. The summed E-state index contributed by atoms with van der Waals surface area (Å²) in [6.07, 6.45) is 3.16. The average molecular weight is 474 g/mol. The van der Waals surface area contributed by atoms with Crippen molar-refractivity contribution >= 4 is 51.7 Å². The van der Waals surface area contributed by atoms with E-state index in [2.05, 4.69) is 26.1 Å². The molecule has 0 aliphatic carbocycles. The Labute approximate surface area is 163 Å². The van der Waals surface area contributed by atoms with Crippen molar-refractivity contribution in [3.63, 3.8) is 0 Å². The van der Waals surface area contributed by atoms with Crippen LogP contribution in [0.4, 0.5) is 5.69 Å². The number of hydrogen-bond acceptors (Lipinski definition) is 4. The summed E-state index contributed by atoms with van der Waals surface area (Å²) in [6, 6.07) is 5.33. The van der Waals surface area contributed by atoms with Crippen LogP contribution in [-0.2, 0) is 0 Å². The predicted octanol–water partition coefficient (Wildman–Crippen LogP) is 2.40. The third-order valence-corrected chi connectivity index (χ3v) is 5.19. The van der Waals surface area contributed by atoms with Crippen LogP contribution in [0.25, 0.3) is 0 Å². The number of nitrogens with zero attached hydrogens (tertiary/aromatic N) is 1. The molecule has 0 bridgehead atoms. The quantitative estimate of drug-likeness (QED) is 0.513.